The summed E-state index contributed by atoms with van der Waals surface area (Å²) >= 11 is 1.46. The number of likely N-dealkylation sites (tertiary alicyclic amines) is 1. The van der Waals surface area contributed by atoms with Crippen molar-refractivity contribution in [3.8, 4) is 0 Å². The molecule has 0 spiro atoms. The van der Waals surface area contributed by atoms with E-state index in [9.17, 15) is 9.90 Å². The first-order chi connectivity index (χ1) is 11.7. The number of furan rings is 1. The summed E-state index contributed by atoms with van der Waals surface area (Å²) in [6, 6.07) is 3.59. The first-order valence-corrected chi connectivity index (χ1v) is 9.17. The Hall–Kier alpha value is -1.64. The molecule has 1 saturated heterocycles. The Morgan fingerprint density at radius 3 is 2.88 bits per heavy atom. The molecule has 0 bridgehead atoms. The molecule has 2 aromatic heterocycles. The molecule has 2 aliphatic rings. The second-order valence-corrected chi connectivity index (χ2v) is 7.29. The van der Waals surface area contributed by atoms with Gasteiger partial charge in [0.25, 0.3) is 5.91 Å². The van der Waals surface area contributed by atoms with Crippen LogP contribution in [0.3, 0.4) is 0 Å². The van der Waals surface area contributed by atoms with Gasteiger partial charge in [0.1, 0.15) is 11.0 Å². The molecule has 24 heavy (non-hydrogen) atoms. The number of rotatable bonds is 4. The maximum Gasteiger partial charge on any atom is 0.265 e. The minimum atomic E-state index is -0.327. The number of aliphatic hydroxyl groups is 1. The number of hydrogen-bond acceptors (Lipinski definition) is 7. The number of aromatic nitrogens is 3. The third-order valence-electron chi connectivity index (χ3n) is 4.64. The standard InChI is InChI=1S/C16H20N4O3S/c1-2-12-17-16-20(18-12)15(22)14(24-16)13(11-4-3-9-23-11)19-7-5-10(21)6-8-19/h3-4,9-10,13-14,21H,2,5-8H2,1H3. The van der Waals surface area contributed by atoms with E-state index in [1.807, 2.05) is 19.1 Å². The van der Waals surface area contributed by atoms with Crippen LogP contribution < -0.4 is 0 Å². The van der Waals surface area contributed by atoms with E-state index >= 15 is 0 Å². The van der Waals surface area contributed by atoms with Gasteiger partial charge in [-0.25, -0.2) is 4.98 Å². The van der Waals surface area contributed by atoms with E-state index in [2.05, 4.69) is 15.0 Å². The molecule has 0 radical (unpaired) electrons. The minimum Gasteiger partial charge on any atom is -0.468 e. The topological polar surface area (TPSA) is 84.4 Å². The summed E-state index contributed by atoms with van der Waals surface area (Å²) < 4.78 is 7.07. The van der Waals surface area contributed by atoms with Crippen LogP contribution in [0.4, 0.5) is 0 Å². The van der Waals surface area contributed by atoms with Crippen LogP contribution in [-0.4, -0.2) is 55.1 Å². The van der Waals surface area contributed by atoms with E-state index in [0.717, 1.165) is 18.8 Å². The fourth-order valence-corrected chi connectivity index (χ4v) is 4.59. The first-order valence-electron chi connectivity index (χ1n) is 8.29. The fourth-order valence-electron chi connectivity index (χ4n) is 3.34. The van der Waals surface area contributed by atoms with Crippen LogP contribution >= 0.6 is 11.8 Å². The highest BCUT2D eigenvalue weighted by Crippen LogP contribution is 2.41. The smallest absolute Gasteiger partial charge is 0.265 e. The average molecular weight is 348 g/mol. The van der Waals surface area contributed by atoms with Gasteiger partial charge < -0.3 is 9.52 Å². The van der Waals surface area contributed by atoms with Crippen molar-refractivity contribution < 1.29 is 14.3 Å². The molecule has 1 N–H and O–H groups in total. The molecule has 8 heteroatoms. The molecule has 7 nitrogen and oxygen atoms in total. The number of thioether (sulfide) groups is 1. The van der Waals surface area contributed by atoms with Crippen molar-refractivity contribution in [1.29, 1.82) is 0 Å². The summed E-state index contributed by atoms with van der Waals surface area (Å²) in [5, 5.41) is 14.4. The molecule has 128 valence electrons. The van der Waals surface area contributed by atoms with Crippen molar-refractivity contribution in [2.75, 3.05) is 13.1 Å². The van der Waals surface area contributed by atoms with Gasteiger partial charge in [0, 0.05) is 19.5 Å². The van der Waals surface area contributed by atoms with Gasteiger partial charge in [-0.3, -0.25) is 9.69 Å². The number of carbonyl (C=O) groups excluding carboxylic acids is 1. The van der Waals surface area contributed by atoms with Gasteiger partial charge >= 0.3 is 0 Å². The summed E-state index contributed by atoms with van der Waals surface area (Å²) in [6.45, 7) is 3.46. The maximum atomic E-state index is 12.9. The Balaban J connectivity index is 1.63. The van der Waals surface area contributed by atoms with E-state index < -0.39 is 0 Å². The molecule has 2 aliphatic heterocycles. The number of nitrogens with zero attached hydrogens (tertiary/aromatic N) is 4. The summed E-state index contributed by atoms with van der Waals surface area (Å²) in [6.07, 6.45) is 3.52. The molecule has 2 aromatic rings. The van der Waals surface area contributed by atoms with E-state index in [1.54, 1.807) is 6.26 Å². The number of piperidine rings is 1. The molecule has 2 atom stereocenters. The Morgan fingerprint density at radius 2 is 2.25 bits per heavy atom. The third-order valence-corrected chi connectivity index (χ3v) is 5.82. The molecule has 1 fully saturated rings. The number of fused-ring (bicyclic) bond motifs is 1. The summed E-state index contributed by atoms with van der Waals surface area (Å²) in [5.41, 5.74) is 0. The van der Waals surface area contributed by atoms with Crippen molar-refractivity contribution in [2.24, 2.45) is 0 Å². The highest BCUT2D eigenvalue weighted by Gasteiger charge is 2.44. The second kappa shape index (κ2) is 6.34. The predicted octanol–water partition coefficient (Wildman–Crippen LogP) is 1.75. The van der Waals surface area contributed by atoms with Gasteiger partial charge in [0.05, 0.1) is 18.4 Å². The number of carbonyl (C=O) groups is 1. The Labute approximate surface area is 144 Å². The zero-order chi connectivity index (χ0) is 16.7. The van der Waals surface area contributed by atoms with Crippen LogP contribution in [0.25, 0.3) is 0 Å². The van der Waals surface area contributed by atoms with E-state index in [1.165, 1.54) is 16.4 Å². The molecule has 0 amide bonds. The van der Waals surface area contributed by atoms with Gasteiger partial charge in [0.2, 0.25) is 0 Å². The number of aryl methyl sites for hydroxylation is 1. The SMILES string of the molecule is CCc1nc2n(n1)C(=O)C(C(c1ccco1)N1CCC(O)CC1)S2. The van der Waals surface area contributed by atoms with Gasteiger partial charge in [-0.15, -0.1) is 5.10 Å². The van der Waals surface area contributed by atoms with E-state index in [0.29, 0.717) is 30.2 Å². The number of aliphatic hydroxyl groups excluding tert-OH is 1. The fraction of sp³-hybridized carbons (Fsp3) is 0.562. The predicted molar refractivity (Wildman–Crippen MR) is 87.9 cm³/mol. The van der Waals surface area contributed by atoms with Crippen molar-refractivity contribution in [1.82, 2.24) is 19.7 Å². The van der Waals surface area contributed by atoms with Crippen LogP contribution in [0.2, 0.25) is 0 Å². The molecule has 0 aliphatic carbocycles. The zero-order valence-electron chi connectivity index (χ0n) is 13.5. The molecule has 4 heterocycles. The lowest BCUT2D eigenvalue weighted by atomic mass is 10.0. The molecule has 4 rings (SSSR count). The summed E-state index contributed by atoms with van der Waals surface area (Å²) in [4.78, 5) is 19.6. The lowest BCUT2D eigenvalue weighted by molar-refractivity contribution is 0.0501. The molecular formula is C16H20N4O3S. The molecule has 0 aromatic carbocycles. The Bertz CT molecular complexity index is 722. The van der Waals surface area contributed by atoms with Gasteiger partial charge in [-0.1, -0.05) is 18.7 Å². The van der Waals surface area contributed by atoms with Crippen molar-refractivity contribution in [2.45, 2.75) is 48.7 Å². The molecular weight excluding hydrogens is 328 g/mol. The maximum absolute atomic E-state index is 12.9. The highest BCUT2D eigenvalue weighted by atomic mass is 32.2. The lowest BCUT2D eigenvalue weighted by Crippen LogP contribution is -2.44. The third kappa shape index (κ3) is 2.68. The van der Waals surface area contributed by atoms with Crippen LogP contribution in [0.5, 0.6) is 0 Å². The Kier molecular flexibility index (Phi) is 4.19. The minimum absolute atomic E-state index is 0.0466. The number of hydrogen-bond donors (Lipinski definition) is 1. The largest absolute Gasteiger partial charge is 0.468 e. The van der Waals surface area contributed by atoms with Gasteiger partial charge in [-0.2, -0.15) is 4.68 Å². The Morgan fingerprint density at radius 1 is 1.46 bits per heavy atom. The first kappa shape index (κ1) is 15.9. The second-order valence-electron chi connectivity index (χ2n) is 6.18. The normalized spacial score (nSPS) is 23.6. The lowest BCUT2D eigenvalue weighted by Gasteiger charge is -2.36. The average Bonchev–Trinajstić information content (AvgIpc) is 3.29. The van der Waals surface area contributed by atoms with Gasteiger partial charge in [-0.05, 0) is 25.0 Å². The molecule has 0 saturated carbocycles. The summed E-state index contributed by atoms with van der Waals surface area (Å²) in [5.74, 6) is 1.42. The van der Waals surface area contributed by atoms with E-state index in [-0.39, 0.29) is 23.3 Å². The molecule has 2 unspecified atom stereocenters. The quantitative estimate of drug-likeness (QED) is 0.901. The van der Waals surface area contributed by atoms with Crippen molar-refractivity contribution in [3.05, 3.63) is 30.0 Å². The van der Waals surface area contributed by atoms with Gasteiger partial charge in [0.15, 0.2) is 11.0 Å². The van der Waals surface area contributed by atoms with Crippen molar-refractivity contribution in [3.63, 3.8) is 0 Å². The van der Waals surface area contributed by atoms with Crippen LogP contribution in [0, 0.1) is 0 Å². The zero-order valence-corrected chi connectivity index (χ0v) is 14.3. The summed E-state index contributed by atoms with van der Waals surface area (Å²) in [7, 11) is 0. The van der Waals surface area contributed by atoms with E-state index in [4.69, 9.17) is 4.42 Å². The van der Waals surface area contributed by atoms with Crippen molar-refractivity contribution >= 4 is 17.7 Å². The monoisotopic (exact) mass is 348 g/mol. The van der Waals surface area contributed by atoms with Crippen LogP contribution in [0.15, 0.2) is 28.0 Å². The highest BCUT2D eigenvalue weighted by molar-refractivity contribution is 8.00. The van der Waals surface area contributed by atoms with Crippen LogP contribution in [0.1, 0.15) is 42.2 Å². The van der Waals surface area contributed by atoms with Crippen LogP contribution in [-0.2, 0) is 6.42 Å².